The molecule has 0 aromatic carbocycles. The van der Waals surface area contributed by atoms with E-state index in [0.29, 0.717) is 19.6 Å². The molecule has 0 aromatic rings. The van der Waals surface area contributed by atoms with Gasteiger partial charge >= 0.3 is 12.0 Å². The van der Waals surface area contributed by atoms with Gasteiger partial charge in [-0.25, -0.2) is 9.59 Å². The van der Waals surface area contributed by atoms with Crippen LogP contribution in [0.15, 0.2) is 0 Å². The minimum atomic E-state index is -0.983. The summed E-state index contributed by atoms with van der Waals surface area (Å²) in [5, 5.41) is 9.05. The first kappa shape index (κ1) is 16.7. The molecule has 0 radical (unpaired) electrons. The van der Waals surface area contributed by atoms with E-state index < -0.39 is 12.0 Å². The monoisotopic (exact) mass is 260 g/mol. The first-order chi connectivity index (χ1) is 8.40. The second-order valence-electron chi connectivity index (χ2n) is 4.25. The zero-order valence-corrected chi connectivity index (χ0v) is 11.8. The van der Waals surface area contributed by atoms with Crippen LogP contribution >= 0.6 is 0 Å². The van der Waals surface area contributed by atoms with Crippen LogP contribution in [0.3, 0.4) is 0 Å². The third-order valence-corrected chi connectivity index (χ3v) is 2.97. The van der Waals surface area contributed by atoms with Gasteiger partial charge < -0.3 is 19.6 Å². The van der Waals surface area contributed by atoms with Crippen molar-refractivity contribution in [2.24, 2.45) is 0 Å². The van der Waals surface area contributed by atoms with E-state index in [1.54, 1.807) is 18.9 Å². The molecule has 2 amide bonds. The van der Waals surface area contributed by atoms with Crippen molar-refractivity contribution in [1.82, 2.24) is 9.80 Å². The summed E-state index contributed by atoms with van der Waals surface area (Å²) in [4.78, 5) is 26.2. The molecule has 0 rings (SSSR count). The van der Waals surface area contributed by atoms with Gasteiger partial charge in [-0.05, 0) is 20.3 Å². The fraction of sp³-hybridized carbons (Fsp3) is 0.833. The minimum absolute atomic E-state index is 0.0822. The second-order valence-corrected chi connectivity index (χ2v) is 4.25. The molecule has 1 N–H and O–H groups in total. The third kappa shape index (κ3) is 4.18. The zero-order chi connectivity index (χ0) is 14.3. The van der Waals surface area contributed by atoms with Crippen LogP contribution in [0.25, 0.3) is 0 Å². The van der Waals surface area contributed by atoms with E-state index in [4.69, 9.17) is 9.84 Å². The third-order valence-electron chi connectivity index (χ3n) is 2.97. The number of carboxylic acids is 1. The maximum absolute atomic E-state index is 12.2. The van der Waals surface area contributed by atoms with Gasteiger partial charge in [-0.3, -0.25) is 0 Å². The van der Waals surface area contributed by atoms with Crippen LogP contribution in [0.2, 0.25) is 0 Å². The van der Waals surface area contributed by atoms with Crippen molar-refractivity contribution < 1.29 is 19.4 Å². The molecule has 6 nitrogen and oxygen atoms in total. The summed E-state index contributed by atoms with van der Waals surface area (Å²) < 4.78 is 5.02. The number of amides is 2. The van der Waals surface area contributed by atoms with Gasteiger partial charge in [0.05, 0.1) is 12.6 Å². The zero-order valence-electron chi connectivity index (χ0n) is 11.8. The van der Waals surface area contributed by atoms with E-state index in [-0.39, 0.29) is 12.1 Å². The highest BCUT2D eigenvalue weighted by molar-refractivity contribution is 5.82. The summed E-state index contributed by atoms with van der Waals surface area (Å²) in [7, 11) is 3.09. The molecular formula is C12H24N2O4. The highest BCUT2D eigenvalue weighted by Crippen LogP contribution is 2.09. The van der Waals surface area contributed by atoms with Crippen LogP contribution in [0.4, 0.5) is 4.79 Å². The van der Waals surface area contributed by atoms with E-state index >= 15 is 0 Å². The molecule has 0 aliphatic heterocycles. The number of urea groups is 1. The van der Waals surface area contributed by atoms with Gasteiger partial charge in [0.2, 0.25) is 0 Å². The molecule has 0 aliphatic rings. The molecule has 0 fully saturated rings. The van der Waals surface area contributed by atoms with Crippen LogP contribution in [0, 0.1) is 0 Å². The smallest absolute Gasteiger partial charge is 0.326 e. The number of ether oxygens (including phenoxy) is 1. The van der Waals surface area contributed by atoms with Crippen LogP contribution in [0.1, 0.15) is 27.2 Å². The molecule has 0 aromatic heterocycles. The topological polar surface area (TPSA) is 70.1 Å². The molecule has 0 bridgehead atoms. The molecule has 106 valence electrons. The number of aliphatic carboxylic acids is 1. The number of nitrogens with zero attached hydrogens (tertiary/aromatic N) is 2. The van der Waals surface area contributed by atoms with Crippen LogP contribution in [0.5, 0.6) is 0 Å². The van der Waals surface area contributed by atoms with Gasteiger partial charge in [-0.1, -0.05) is 6.92 Å². The van der Waals surface area contributed by atoms with Gasteiger partial charge in [-0.15, -0.1) is 0 Å². The number of likely N-dealkylation sites (N-methyl/N-ethyl adjacent to an activating group) is 2. The van der Waals surface area contributed by atoms with Crippen molar-refractivity contribution in [3.05, 3.63) is 0 Å². The average molecular weight is 260 g/mol. The fourth-order valence-electron chi connectivity index (χ4n) is 1.92. The maximum Gasteiger partial charge on any atom is 0.326 e. The summed E-state index contributed by atoms with van der Waals surface area (Å²) in [6, 6.07) is -1.15. The van der Waals surface area contributed by atoms with Gasteiger partial charge in [0.15, 0.2) is 0 Å². The van der Waals surface area contributed by atoms with Crippen LogP contribution in [-0.4, -0.2) is 66.3 Å². The Morgan fingerprint density at radius 2 is 1.89 bits per heavy atom. The second kappa shape index (κ2) is 7.92. The Morgan fingerprint density at radius 3 is 2.22 bits per heavy atom. The van der Waals surface area contributed by atoms with Crippen molar-refractivity contribution in [1.29, 1.82) is 0 Å². The molecule has 0 aliphatic carbocycles. The summed E-state index contributed by atoms with van der Waals surface area (Å²) in [5.41, 5.74) is 0. The normalized spacial score (nSPS) is 13.8. The van der Waals surface area contributed by atoms with E-state index in [2.05, 4.69) is 0 Å². The standard InChI is InChI=1S/C12H24N2O4/c1-6-10(11(15)16)13(4)12(17)14(7-2)9(3)8-18-5/h9-10H,6-8H2,1-5H3,(H,15,16). The lowest BCUT2D eigenvalue weighted by atomic mass is 10.2. The number of hydrogen-bond donors (Lipinski definition) is 1. The van der Waals surface area contributed by atoms with Crippen LogP contribution in [-0.2, 0) is 9.53 Å². The van der Waals surface area contributed by atoms with Gasteiger partial charge in [0, 0.05) is 20.7 Å². The van der Waals surface area contributed by atoms with Crippen LogP contribution < -0.4 is 0 Å². The largest absolute Gasteiger partial charge is 0.480 e. The van der Waals surface area contributed by atoms with Gasteiger partial charge in [-0.2, -0.15) is 0 Å². The lowest BCUT2D eigenvalue weighted by Crippen LogP contribution is -2.52. The first-order valence-electron chi connectivity index (χ1n) is 6.15. The molecule has 0 saturated heterocycles. The van der Waals surface area contributed by atoms with E-state index in [9.17, 15) is 9.59 Å². The maximum atomic E-state index is 12.2. The SMILES string of the molecule is CCC(C(=O)O)N(C)C(=O)N(CC)C(C)COC. The molecule has 6 heteroatoms. The van der Waals surface area contributed by atoms with E-state index in [1.165, 1.54) is 11.9 Å². The summed E-state index contributed by atoms with van der Waals surface area (Å²) in [6.07, 6.45) is 0.383. The quantitative estimate of drug-likeness (QED) is 0.748. The van der Waals surface area contributed by atoms with Gasteiger partial charge in [0.1, 0.15) is 6.04 Å². The number of carbonyl (C=O) groups is 2. The lowest BCUT2D eigenvalue weighted by Gasteiger charge is -2.34. The molecule has 18 heavy (non-hydrogen) atoms. The van der Waals surface area contributed by atoms with E-state index in [0.717, 1.165) is 0 Å². The Morgan fingerprint density at radius 1 is 1.33 bits per heavy atom. The summed E-state index contributed by atoms with van der Waals surface area (Å²) >= 11 is 0. The Labute approximate surface area is 109 Å². The number of hydrogen-bond acceptors (Lipinski definition) is 3. The fourth-order valence-corrected chi connectivity index (χ4v) is 1.92. The Kier molecular flexibility index (Phi) is 7.35. The van der Waals surface area contributed by atoms with Crippen molar-refractivity contribution in [3.63, 3.8) is 0 Å². The lowest BCUT2D eigenvalue weighted by molar-refractivity contribution is -0.142. The summed E-state index contributed by atoms with van der Waals surface area (Å²) in [5.74, 6) is -0.983. The molecule has 0 saturated carbocycles. The number of rotatable bonds is 7. The van der Waals surface area contributed by atoms with Crippen molar-refractivity contribution in [3.8, 4) is 0 Å². The molecular weight excluding hydrogens is 236 g/mol. The highest BCUT2D eigenvalue weighted by Gasteiger charge is 2.29. The number of carboxylic acid groups (broad SMARTS) is 1. The Balaban J connectivity index is 4.81. The van der Waals surface area contributed by atoms with Crippen molar-refractivity contribution in [2.45, 2.75) is 39.3 Å². The van der Waals surface area contributed by atoms with Crippen molar-refractivity contribution in [2.75, 3.05) is 27.3 Å². The molecule has 0 spiro atoms. The molecule has 0 heterocycles. The highest BCUT2D eigenvalue weighted by atomic mass is 16.5. The average Bonchev–Trinajstić information content (AvgIpc) is 2.30. The Bertz CT molecular complexity index is 283. The number of methoxy groups -OCH3 is 1. The number of carbonyl (C=O) groups excluding carboxylic acids is 1. The predicted octanol–water partition coefficient (Wildman–Crippen LogP) is 1.26. The Hall–Kier alpha value is -1.30. The predicted molar refractivity (Wildman–Crippen MR) is 68.6 cm³/mol. The van der Waals surface area contributed by atoms with Crippen molar-refractivity contribution >= 4 is 12.0 Å². The summed E-state index contributed by atoms with van der Waals surface area (Å²) in [6.45, 7) is 6.43. The molecule has 2 atom stereocenters. The molecule has 2 unspecified atom stereocenters. The minimum Gasteiger partial charge on any atom is -0.480 e. The van der Waals surface area contributed by atoms with E-state index in [1.807, 2.05) is 13.8 Å². The first-order valence-corrected chi connectivity index (χ1v) is 6.15. The van der Waals surface area contributed by atoms with Gasteiger partial charge in [0.25, 0.3) is 0 Å².